The summed E-state index contributed by atoms with van der Waals surface area (Å²) >= 11 is 0. The Kier molecular flexibility index (Phi) is 7.42. The second-order valence-electron chi connectivity index (χ2n) is 3.01. The Labute approximate surface area is 117 Å². The fraction of sp³-hybridized carbons (Fsp3) is 0.364. The summed E-state index contributed by atoms with van der Waals surface area (Å²) in [4.78, 5) is 16.6. The maximum atomic E-state index is 11.6. The number of hydroxylamine groups is 2. The van der Waals surface area contributed by atoms with E-state index in [1.54, 1.807) is 12.1 Å². The average molecular weight is 233 g/mol. The van der Waals surface area contributed by atoms with E-state index in [4.69, 9.17) is 4.84 Å². The molecule has 0 atom stereocenters. The van der Waals surface area contributed by atoms with Gasteiger partial charge in [0.25, 0.3) is 0 Å². The second-order valence-corrected chi connectivity index (χ2v) is 3.01. The number of rotatable bonds is 4. The van der Waals surface area contributed by atoms with Gasteiger partial charge in [0.2, 0.25) is 0 Å². The molecule has 0 aromatic heterocycles. The number of phenolic OH excluding ortho intramolecular Hbond substituents is 1. The van der Waals surface area contributed by atoms with Crippen LogP contribution in [0.4, 0.5) is 0 Å². The van der Waals surface area contributed by atoms with E-state index in [-0.39, 0.29) is 40.9 Å². The van der Waals surface area contributed by atoms with Crippen molar-refractivity contribution in [3.63, 3.8) is 0 Å². The van der Waals surface area contributed by atoms with E-state index in [0.29, 0.717) is 13.1 Å². The third-order valence-corrected chi connectivity index (χ3v) is 2.04. The minimum absolute atomic E-state index is 0. The molecule has 0 unspecified atom stereocenters. The summed E-state index contributed by atoms with van der Waals surface area (Å²) in [5, 5.41) is 10.9. The van der Waals surface area contributed by atoms with E-state index in [9.17, 15) is 9.90 Å². The molecule has 16 heavy (non-hydrogen) atoms. The molecule has 0 heterocycles. The van der Waals surface area contributed by atoms with E-state index in [1.165, 1.54) is 17.2 Å². The van der Waals surface area contributed by atoms with Gasteiger partial charge in [-0.15, -0.1) is 5.06 Å². The molecular formula is C11H16NNaO3. The zero-order chi connectivity index (χ0) is 11.3. The molecule has 0 saturated heterocycles. The Morgan fingerprint density at radius 1 is 1.31 bits per heavy atom. The van der Waals surface area contributed by atoms with Gasteiger partial charge in [-0.1, -0.05) is 12.1 Å². The first kappa shape index (κ1) is 15.4. The van der Waals surface area contributed by atoms with Gasteiger partial charge in [0.15, 0.2) is 0 Å². The fourth-order valence-electron chi connectivity index (χ4n) is 1.17. The van der Waals surface area contributed by atoms with Crippen LogP contribution in [0.25, 0.3) is 0 Å². The molecule has 0 radical (unpaired) electrons. The van der Waals surface area contributed by atoms with Gasteiger partial charge in [-0.25, -0.2) is 4.79 Å². The molecule has 0 fully saturated rings. The first-order chi connectivity index (χ1) is 7.19. The maximum absolute atomic E-state index is 11.6. The molecule has 1 rings (SSSR count). The number of nitrogens with zero attached hydrogens (tertiary/aromatic N) is 1. The van der Waals surface area contributed by atoms with Crippen molar-refractivity contribution < 1.29 is 14.7 Å². The van der Waals surface area contributed by atoms with Crippen molar-refractivity contribution >= 4 is 35.5 Å². The summed E-state index contributed by atoms with van der Waals surface area (Å²) < 4.78 is 0. The number of phenols is 1. The van der Waals surface area contributed by atoms with E-state index in [2.05, 4.69) is 0 Å². The Morgan fingerprint density at radius 3 is 2.38 bits per heavy atom. The van der Waals surface area contributed by atoms with E-state index in [1.807, 2.05) is 13.8 Å². The van der Waals surface area contributed by atoms with Gasteiger partial charge in [0.05, 0.1) is 0 Å². The summed E-state index contributed by atoms with van der Waals surface area (Å²) in [7, 11) is 0. The topological polar surface area (TPSA) is 49.8 Å². The van der Waals surface area contributed by atoms with E-state index >= 15 is 0 Å². The van der Waals surface area contributed by atoms with E-state index < -0.39 is 5.97 Å². The Bertz CT molecular complexity index is 340. The number of hydrogen-bond acceptors (Lipinski definition) is 4. The van der Waals surface area contributed by atoms with Crippen molar-refractivity contribution in [2.45, 2.75) is 13.8 Å². The van der Waals surface area contributed by atoms with Gasteiger partial charge < -0.3 is 9.94 Å². The third kappa shape index (κ3) is 4.14. The molecule has 0 aliphatic heterocycles. The normalized spacial score (nSPS) is 9.69. The van der Waals surface area contributed by atoms with Crippen molar-refractivity contribution in [1.82, 2.24) is 5.06 Å². The van der Waals surface area contributed by atoms with Crippen LogP contribution in [-0.2, 0) is 4.84 Å². The van der Waals surface area contributed by atoms with Gasteiger partial charge >= 0.3 is 35.5 Å². The van der Waals surface area contributed by atoms with Crippen LogP contribution in [0.5, 0.6) is 5.75 Å². The summed E-state index contributed by atoms with van der Waals surface area (Å²) in [6.07, 6.45) is 0. The predicted molar refractivity (Wildman–Crippen MR) is 63.6 cm³/mol. The number of aromatic hydroxyl groups is 1. The number of para-hydroxylation sites is 1. The molecule has 4 nitrogen and oxygen atoms in total. The van der Waals surface area contributed by atoms with Crippen molar-refractivity contribution in [1.29, 1.82) is 0 Å². The van der Waals surface area contributed by atoms with E-state index in [0.717, 1.165) is 0 Å². The van der Waals surface area contributed by atoms with Crippen LogP contribution in [-0.4, -0.2) is 58.8 Å². The van der Waals surface area contributed by atoms with Gasteiger partial charge in [-0.2, -0.15) is 0 Å². The van der Waals surface area contributed by atoms with Crippen LogP contribution >= 0.6 is 0 Å². The van der Waals surface area contributed by atoms with Gasteiger partial charge in [-0.3, -0.25) is 0 Å². The summed E-state index contributed by atoms with van der Waals surface area (Å²) in [6, 6.07) is 6.32. The summed E-state index contributed by atoms with van der Waals surface area (Å²) in [5.41, 5.74) is 0.185. The third-order valence-electron chi connectivity index (χ3n) is 2.04. The molecule has 0 spiro atoms. The zero-order valence-electron chi connectivity index (χ0n) is 8.93. The average Bonchev–Trinajstić information content (AvgIpc) is 2.26. The first-order valence-electron chi connectivity index (χ1n) is 4.94. The standard InChI is InChI=1S/C11H15NO3.Na.H/c1-3-12(4-2)15-11(14)9-7-5-6-8-10(9)13;;/h5-8,13H,3-4H2,1-2H3;;. The first-order valence-corrected chi connectivity index (χ1v) is 4.94. The Hall–Kier alpha value is -0.550. The molecule has 1 N–H and O–H groups in total. The molecule has 5 heteroatoms. The second kappa shape index (κ2) is 7.68. The summed E-state index contributed by atoms with van der Waals surface area (Å²) in [6.45, 7) is 5.02. The van der Waals surface area contributed by atoms with Crippen molar-refractivity contribution in [3.8, 4) is 5.75 Å². The minimum atomic E-state index is -0.531. The van der Waals surface area contributed by atoms with Crippen molar-refractivity contribution in [2.75, 3.05) is 13.1 Å². The van der Waals surface area contributed by atoms with Crippen molar-refractivity contribution in [3.05, 3.63) is 29.8 Å². The molecule has 1 aromatic rings. The molecule has 84 valence electrons. The van der Waals surface area contributed by atoms with Crippen LogP contribution in [0.15, 0.2) is 24.3 Å². The Balaban J connectivity index is 0.00000225. The fourth-order valence-corrected chi connectivity index (χ4v) is 1.17. The molecule has 0 aliphatic carbocycles. The molecule has 0 amide bonds. The molecule has 0 bridgehead atoms. The predicted octanol–water partition coefficient (Wildman–Crippen LogP) is 1.16. The quantitative estimate of drug-likeness (QED) is 0.626. The Morgan fingerprint density at radius 2 is 1.88 bits per heavy atom. The zero-order valence-corrected chi connectivity index (χ0v) is 8.93. The number of benzene rings is 1. The molecule has 1 aromatic carbocycles. The summed E-state index contributed by atoms with van der Waals surface area (Å²) in [5.74, 6) is -0.591. The monoisotopic (exact) mass is 233 g/mol. The SMILES string of the molecule is CCN(CC)OC(=O)c1ccccc1O.[NaH]. The van der Waals surface area contributed by atoms with Crippen LogP contribution in [0.3, 0.4) is 0 Å². The number of carbonyl (C=O) groups excluding carboxylic acids is 1. The van der Waals surface area contributed by atoms with Crippen LogP contribution in [0, 0.1) is 0 Å². The van der Waals surface area contributed by atoms with Crippen LogP contribution < -0.4 is 0 Å². The van der Waals surface area contributed by atoms with Gasteiger partial charge in [0.1, 0.15) is 11.3 Å². The van der Waals surface area contributed by atoms with Gasteiger partial charge in [-0.05, 0) is 26.0 Å². The number of hydrogen-bond donors (Lipinski definition) is 1. The molecular weight excluding hydrogens is 217 g/mol. The van der Waals surface area contributed by atoms with Gasteiger partial charge in [0, 0.05) is 13.1 Å². The molecule has 0 aliphatic rings. The van der Waals surface area contributed by atoms with Crippen LogP contribution in [0.1, 0.15) is 24.2 Å². The van der Waals surface area contributed by atoms with Crippen LogP contribution in [0.2, 0.25) is 0 Å². The molecule has 0 saturated carbocycles. The number of carbonyl (C=O) groups is 1. The van der Waals surface area contributed by atoms with Crippen molar-refractivity contribution in [2.24, 2.45) is 0 Å².